The molecule has 10 heteroatoms. The SMILES string of the molecule is Nc1cc(S(=O)(=O)[O-])cc2cccc(S(=O)(=O)[O-])c12.[Na+]. The van der Waals surface area contributed by atoms with Crippen LogP contribution in [0.5, 0.6) is 0 Å². The molecule has 0 atom stereocenters. The second-order valence-corrected chi connectivity index (χ2v) is 6.50. The van der Waals surface area contributed by atoms with Gasteiger partial charge in [-0.15, -0.1) is 0 Å². The van der Waals surface area contributed by atoms with E-state index in [1.165, 1.54) is 12.1 Å². The van der Waals surface area contributed by atoms with Gasteiger partial charge in [-0.05, 0) is 23.6 Å². The van der Waals surface area contributed by atoms with Gasteiger partial charge in [0.2, 0.25) is 0 Å². The maximum absolute atomic E-state index is 11.1. The van der Waals surface area contributed by atoms with Crippen LogP contribution in [0.3, 0.4) is 0 Å². The molecule has 0 aliphatic heterocycles. The number of anilines is 1. The van der Waals surface area contributed by atoms with Gasteiger partial charge in [0.15, 0.2) is 0 Å². The van der Waals surface area contributed by atoms with Crippen molar-refractivity contribution in [3.63, 3.8) is 0 Å². The Morgan fingerprint density at radius 1 is 0.950 bits per heavy atom. The van der Waals surface area contributed by atoms with Crippen LogP contribution >= 0.6 is 0 Å². The summed E-state index contributed by atoms with van der Waals surface area (Å²) in [5.41, 5.74) is 5.28. The van der Waals surface area contributed by atoms with Gasteiger partial charge >= 0.3 is 29.6 Å². The molecule has 2 aromatic carbocycles. The van der Waals surface area contributed by atoms with E-state index in [-0.39, 0.29) is 46.0 Å². The van der Waals surface area contributed by atoms with E-state index in [1.54, 1.807) is 0 Å². The third-order valence-corrected chi connectivity index (χ3v) is 4.19. The molecule has 2 rings (SSSR count). The summed E-state index contributed by atoms with van der Waals surface area (Å²) in [4.78, 5) is -1.14. The first-order valence-corrected chi connectivity index (χ1v) is 7.66. The molecule has 2 N–H and O–H groups in total. The van der Waals surface area contributed by atoms with Crippen molar-refractivity contribution in [2.75, 3.05) is 5.73 Å². The van der Waals surface area contributed by atoms with Crippen LogP contribution in [0.15, 0.2) is 40.1 Å². The minimum Gasteiger partial charge on any atom is -0.744 e. The number of nitrogen functional groups attached to an aromatic ring is 1. The first kappa shape index (κ1) is 17.4. The number of fused-ring (bicyclic) bond motifs is 1. The second kappa shape index (κ2) is 5.60. The quantitative estimate of drug-likeness (QED) is 0.358. The van der Waals surface area contributed by atoms with Gasteiger partial charge in [-0.3, -0.25) is 0 Å². The molecule has 0 saturated heterocycles. The normalized spacial score (nSPS) is 12.1. The summed E-state index contributed by atoms with van der Waals surface area (Å²) in [7, 11) is -9.48. The van der Waals surface area contributed by atoms with Crippen molar-refractivity contribution in [3.05, 3.63) is 30.3 Å². The molecule has 0 amide bonds. The van der Waals surface area contributed by atoms with E-state index in [2.05, 4.69) is 0 Å². The molecule has 7 nitrogen and oxygen atoms in total. The van der Waals surface area contributed by atoms with E-state index < -0.39 is 30.0 Å². The summed E-state index contributed by atoms with van der Waals surface area (Å²) in [6.07, 6.45) is 0. The number of nitrogens with two attached hydrogens (primary N) is 1. The Bertz CT molecular complexity index is 876. The van der Waals surface area contributed by atoms with E-state index in [1.807, 2.05) is 0 Å². The number of rotatable bonds is 2. The third kappa shape index (κ3) is 3.31. The maximum atomic E-state index is 11.1. The minimum absolute atomic E-state index is 0. The fraction of sp³-hybridized carbons (Fsp3) is 0. The molecule has 102 valence electrons. The summed E-state index contributed by atoms with van der Waals surface area (Å²) >= 11 is 0. The molecular weight excluding hydrogens is 317 g/mol. The molecule has 0 unspecified atom stereocenters. The smallest absolute Gasteiger partial charge is 0.744 e. The summed E-state index contributed by atoms with van der Waals surface area (Å²) in [6.45, 7) is 0. The van der Waals surface area contributed by atoms with E-state index in [0.717, 1.165) is 18.2 Å². The molecule has 20 heavy (non-hydrogen) atoms. The van der Waals surface area contributed by atoms with Crippen molar-refractivity contribution >= 4 is 36.7 Å². The van der Waals surface area contributed by atoms with Gasteiger partial charge in [0.05, 0.1) is 9.79 Å². The van der Waals surface area contributed by atoms with Gasteiger partial charge in [0.25, 0.3) is 0 Å². The Morgan fingerprint density at radius 3 is 2.05 bits per heavy atom. The number of benzene rings is 2. The van der Waals surface area contributed by atoms with Gasteiger partial charge in [-0.2, -0.15) is 0 Å². The molecule has 0 bridgehead atoms. The Balaban J connectivity index is 0.00000200. The first-order valence-electron chi connectivity index (χ1n) is 4.85. The fourth-order valence-electron chi connectivity index (χ4n) is 1.75. The largest absolute Gasteiger partial charge is 1.00 e. The van der Waals surface area contributed by atoms with Gasteiger partial charge < -0.3 is 14.8 Å². The third-order valence-electron chi connectivity index (χ3n) is 2.50. The molecule has 0 radical (unpaired) electrons. The summed E-state index contributed by atoms with van der Waals surface area (Å²) < 4.78 is 66.0. The topological polar surface area (TPSA) is 140 Å². The first-order chi connectivity index (χ1) is 8.60. The van der Waals surface area contributed by atoms with E-state index >= 15 is 0 Å². The molecule has 0 spiro atoms. The van der Waals surface area contributed by atoms with Crippen LogP contribution in [0.25, 0.3) is 10.8 Å². The average Bonchev–Trinajstić information content (AvgIpc) is 2.25. The monoisotopic (exact) mass is 324 g/mol. The maximum Gasteiger partial charge on any atom is 1.00 e. The summed E-state index contributed by atoms with van der Waals surface area (Å²) in [5.74, 6) is 0. The average molecular weight is 324 g/mol. The van der Waals surface area contributed by atoms with Crippen LogP contribution in [0.1, 0.15) is 0 Å². The molecule has 0 fully saturated rings. The van der Waals surface area contributed by atoms with E-state index in [9.17, 15) is 25.9 Å². The minimum atomic E-state index is -4.76. The van der Waals surface area contributed by atoms with Gasteiger partial charge in [0, 0.05) is 11.1 Å². The van der Waals surface area contributed by atoms with Crippen molar-refractivity contribution < 1.29 is 55.5 Å². The Morgan fingerprint density at radius 2 is 1.55 bits per heavy atom. The number of hydrogen-bond donors (Lipinski definition) is 1. The zero-order chi connectivity index (χ0) is 14.4. The predicted molar refractivity (Wildman–Crippen MR) is 64.3 cm³/mol. The number of hydrogen-bond acceptors (Lipinski definition) is 7. The van der Waals surface area contributed by atoms with Crippen LogP contribution < -0.4 is 35.3 Å². The predicted octanol–water partition coefficient (Wildman–Crippen LogP) is -2.77. The van der Waals surface area contributed by atoms with Crippen LogP contribution in [0.2, 0.25) is 0 Å². The van der Waals surface area contributed by atoms with Gasteiger partial charge in [-0.1, -0.05) is 12.1 Å². The second-order valence-electron chi connectivity index (χ2n) is 3.78. The van der Waals surface area contributed by atoms with Crippen LogP contribution in [0, 0.1) is 0 Å². The summed E-state index contributed by atoms with van der Waals surface area (Å²) in [5, 5.41) is -0.00347. The van der Waals surface area contributed by atoms with E-state index in [0.29, 0.717) is 0 Å². The molecule has 2 aromatic rings. The molecule has 0 aliphatic rings. The fourth-order valence-corrected chi connectivity index (χ4v) is 3.02. The molecule has 0 aliphatic carbocycles. The zero-order valence-corrected chi connectivity index (χ0v) is 13.9. The standard InChI is InChI=1S/C10H9NO6S2.Na/c11-8-5-7(18(12,13)14)4-6-2-1-3-9(10(6)8)19(15,16)17;/h1-5H,11H2,(H,12,13,14)(H,15,16,17);/q;+1/p-2. The molecule has 0 heterocycles. The van der Waals surface area contributed by atoms with Crippen molar-refractivity contribution in [2.45, 2.75) is 9.79 Å². The molecule has 0 aromatic heterocycles. The van der Waals surface area contributed by atoms with Crippen LogP contribution in [-0.2, 0) is 20.2 Å². The zero-order valence-electron chi connectivity index (χ0n) is 10.2. The van der Waals surface area contributed by atoms with Gasteiger partial charge in [0.1, 0.15) is 20.2 Å². The van der Waals surface area contributed by atoms with Crippen molar-refractivity contribution in [2.24, 2.45) is 0 Å². The van der Waals surface area contributed by atoms with Crippen LogP contribution in [0.4, 0.5) is 5.69 Å². The Hall–Kier alpha value is -0.680. The Labute approximate surface area is 137 Å². The van der Waals surface area contributed by atoms with Crippen LogP contribution in [-0.4, -0.2) is 25.9 Å². The van der Waals surface area contributed by atoms with Crippen molar-refractivity contribution in [1.82, 2.24) is 0 Å². The molecule has 0 saturated carbocycles. The van der Waals surface area contributed by atoms with Crippen molar-refractivity contribution in [1.29, 1.82) is 0 Å². The van der Waals surface area contributed by atoms with E-state index in [4.69, 9.17) is 5.73 Å². The molecular formula is C10H7NNaO6S2-. The van der Waals surface area contributed by atoms with Crippen molar-refractivity contribution in [3.8, 4) is 0 Å². The van der Waals surface area contributed by atoms with Gasteiger partial charge in [-0.25, -0.2) is 16.8 Å². The summed E-state index contributed by atoms with van der Waals surface area (Å²) in [6, 6.07) is 5.48. The Kier molecular flexibility index (Phi) is 4.87.